The zero-order valence-corrected chi connectivity index (χ0v) is 9.81. The summed E-state index contributed by atoms with van der Waals surface area (Å²) in [6, 6.07) is 0. The molecule has 3 nitrogen and oxygen atoms in total. The molecule has 1 atom stereocenters. The Hall–Kier alpha value is -0.220. The van der Waals surface area contributed by atoms with Gasteiger partial charge in [0.05, 0.1) is 6.10 Å². The molecule has 0 bridgehead atoms. The molecule has 1 N–H and O–H groups in total. The van der Waals surface area contributed by atoms with Gasteiger partial charge in [0, 0.05) is 24.4 Å². The summed E-state index contributed by atoms with van der Waals surface area (Å²) in [4.78, 5) is 2.24. The molecule has 1 saturated carbocycles. The number of nitrogens with zero attached hydrogens (tertiary/aromatic N) is 1. The molecular formula is C11H18N2OS. The third kappa shape index (κ3) is 1.78. The SMILES string of the molecule is N=C1SC2(CCC2)CN1C[C@H]1CCCO1. The van der Waals surface area contributed by atoms with Gasteiger partial charge in [-0.15, -0.1) is 0 Å². The molecule has 3 fully saturated rings. The highest BCUT2D eigenvalue weighted by molar-refractivity contribution is 8.15. The van der Waals surface area contributed by atoms with Crippen LogP contribution in [0.25, 0.3) is 0 Å². The Labute approximate surface area is 95.1 Å². The summed E-state index contributed by atoms with van der Waals surface area (Å²) in [7, 11) is 0. The summed E-state index contributed by atoms with van der Waals surface area (Å²) in [5.41, 5.74) is 0. The Balaban J connectivity index is 1.59. The predicted octanol–water partition coefficient (Wildman–Crippen LogP) is 2.07. The van der Waals surface area contributed by atoms with E-state index in [4.69, 9.17) is 10.1 Å². The Morgan fingerprint density at radius 1 is 1.47 bits per heavy atom. The Kier molecular flexibility index (Phi) is 2.44. The average molecular weight is 226 g/mol. The molecular weight excluding hydrogens is 208 g/mol. The first-order valence-corrected chi connectivity index (χ1v) is 6.73. The van der Waals surface area contributed by atoms with Crippen molar-refractivity contribution in [3.05, 3.63) is 0 Å². The molecule has 1 spiro atoms. The highest BCUT2D eigenvalue weighted by atomic mass is 32.2. The highest BCUT2D eigenvalue weighted by Gasteiger charge is 2.46. The number of amidine groups is 1. The van der Waals surface area contributed by atoms with Gasteiger partial charge >= 0.3 is 0 Å². The van der Waals surface area contributed by atoms with Crippen molar-refractivity contribution in [2.45, 2.75) is 43.0 Å². The molecule has 1 aliphatic carbocycles. The van der Waals surface area contributed by atoms with Gasteiger partial charge in [0.1, 0.15) is 0 Å². The maximum atomic E-state index is 8.00. The van der Waals surface area contributed by atoms with Gasteiger partial charge in [0.15, 0.2) is 5.17 Å². The summed E-state index contributed by atoms with van der Waals surface area (Å²) >= 11 is 1.80. The molecule has 4 heteroatoms. The van der Waals surface area contributed by atoms with Crippen LogP contribution in [0.4, 0.5) is 0 Å². The normalized spacial score (nSPS) is 33.7. The van der Waals surface area contributed by atoms with E-state index in [-0.39, 0.29) is 0 Å². The highest BCUT2D eigenvalue weighted by Crippen LogP contribution is 2.49. The van der Waals surface area contributed by atoms with Gasteiger partial charge in [0.25, 0.3) is 0 Å². The lowest BCUT2D eigenvalue weighted by atomic mass is 9.84. The molecule has 2 aliphatic heterocycles. The second kappa shape index (κ2) is 3.67. The van der Waals surface area contributed by atoms with Crippen molar-refractivity contribution in [1.29, 1.82) is 5.41 Å². The summed E-state index contributed by atoms with van der Waals surface area (Å²) in [6.07, 6.45) is 6.74. The maximum absolute atomic E-state index is 8.00. The van der Waals surface area contributed by atoms with Gasteiger partial charge in [-0.25, -0.2) is 0 Å². The van der Waals surface area contributed by atoms with E-state index in [0.717, 1.165) is 24.9 Å². The molecule has 0 unspecified atom stereocenters. The van der Waals surface area contributed by atoms with Gasteiger partial charge in [0.2, 0.25) is 0 Å². The molecule has 0 amide bonds. The van der Waals surface area contributed by atoms with Crippen molar-refractivity contribution in [1.82, 2.24) is 4.90 Å². The number of hydrogen-bond donors (Lipinski definition) is 1. The van der Waals surface area contributed by atoms with Crippen LogP contribution in [-0.4, -0.2) is 40.6 Å². The largest absolute Gasteiger partial charge is 0.376 e. The van der Waals surface area contributed by atoms with Crippen LogP contribution in [0.3, 0.4) is 0 Å². The lowest BCUT2D eigenvalue weighted by Gasteiger charge is -2.36. The van der Waals surface area contributed by atoms with Crippen molar-refractivity contribution in [2.24, 2.45) is 0 Å². The average Bonchev–Trinajstić information content (AvgIpc) is 2.74. The number of ether oxygens (including phenoxy) is 1. The van der Waals surface area contributed by atoms with E-state index in [9.17, 15) is 0 Å². The van der Waals surface area contributed by atoms with Crippen LogP contribution in [-0.2, 0) is 4.74 Å². The van der Waals surface area contributed by atoms with Crippen molar-refractivity contribution < 1.29 is 4.74 Å². The van der Waals surface area contributed by atoms with E-state index >= 15 is 0 Å². The van der Waals surface area contributed by atoms with Gasteiger partial charge in [-0.3, -0.25) is 5.41 Å². The number of hydrogen-bond acceptors (Lipinski definition) is 3. The van der Waals surface area contributed by atoms with E-state index in [0.29, 0.717) is 10.9 Å². The van der Waals surface area contributed by atoms with Crippen molar-refractivity contribution in [3.63, 3.8) is 0 Å². The molecule has 2 saturated heterocycles. The molecule has 2 heterocycles. The molecule has 3 aliphatic rings. The molecule has 3 rings (SSSR count). The molecule has 15 heavy (non-hydrogen) atoms. The minimum absolute atomic E-state index is 0.390. The lowest BCUT2D eigenvalue weighted by Crippen LogP contribution is -2.40. The minimum Gasteiger partial charge on any atom is -0.376 e. The lowest BCUT2D eigenvalue weighted by molar-refractivity contribution is 0.0888. The first-order valence-electron chi connectivity index (χ1n) is 5.92. The molecule has 84 valence electrons. The van der Waals surface area contributed by atoms with Crippen molar-refractivity contribution >= 4 is 16.9 Å². The monoisotopic (exact) mass is 226 g/mol. The minimum atomic E-state index is 0.390. The molecule has 0 aromatic heterocycles. The van der Waals surface area contributed by atoms with Crippen LogP contribution in [0.2, 0.25) is 0 Å². The zero-order chi connectivity index (χ0) is 10.3. The fraction of sp³-hybridized carbons (Fsp3) is 0.909. The Morgan fingerprint density at radius 2 is 2.33 bits per heavy atom. The van der Waals surface area contributed by atoms with Crippen molar-refractivity contribution in [3.8, 4) is 0 Å². The third-order valence-electron chi connectivity index (χ3n) is 3.79. The van der Waals surface area contributed by atoms with E-state index in [2.05, 4.69) is 4.90 Å². The van der Waals surface area contributed by atoms with Crippen LogP contribution >= 0.6 is 11.8 Å². The van der Waals surface area contributed by atoms with E-state index in [1.54, 1.807) is 11.8 Å². The maximum Gasteiger partial charge on any atom is 0.157 e. The third-order valence-corrected chi connectivity index (χ3v) is 5.21. The Morgan fingerprint density at radius 3 is 2.87 bits per heavy atom. The van der Waals surface area contributed by atoms with Crippen LogP contribution in [0.15, 0.2) is 0 Å². The fourth-order valence-corrected chi connectivity index (χ4v) is 4.13. The van der Waals surface area contributed by atoms with Crippen molar-refractivity contribution in [2.75, 3.05) is 19.7 Å². The first kappa shape index (κ1) is 9.97. The predicted molar refractivity (Wildman–Crippen MR) is 62.4 cm³/mol. The van der Waals surface area contributed by atoms with E-state index in [1.807, 2.05) is 0 Å². The summed E-state index contributed by atoms with van der Waals surface area (Å²) in [5, 5.41) is 8.78. The van der Waals surface area contributed by atoms with Crippen LogP contribution in [0, 0.1) is 5.41 Å². The Bertz CT molecular complexity index is 272. The van der Waals surface area contributed by atoms with Gasteiger partial charge in [-0.05, 0) is 25.7 Å². The summed E-state index contributed by atoms with van der Waals surface area (Å²) in [5.74, 6) is 0. The van der Waals surface area contributed by atoms with Crippen LogP contribution in [0.1, 0.15) is 32.1 Å². The first-order chi connectivity index (χ1) is 7.27. The smallest absolute Gasteiger partial charge is 0.157 e. The second-order valence-electron chi connectivity index (χ2n) is 4.96. The van der Waals surface area contributed by atoms with Crippen LogP contribution < -0.4 is 0 Å². The van der Waals surface area contributed by atoms with Gasteiger partial charge in [-0.2, -0.15) is 0 Å². The zero-order valence-electron chi connectivity index (χ0n) is 9.00. The molecule has 0 aromatic carbocycles. The topological polar surface area (TPSA) is 36.3 Å². The fourth-order valence-electron chi connectivity index (χ4n) is 2.73. The summed E-state index contributed by atoms with van der Waals surface area (Å²) in [6.45, 7) is 2.97. The van der Waals surface area contributed by atoms with E-state index in [1.165, 1.54) is 32.1 Å². The van der Waals surface area contributed by atoms with Crippen LogP contribution in [0.5, 0.6) is 0 Å². The number of nitrogens with one attached hydrogen (secondary N) is 1. The molecule has 0 aromatic rings. The number of thioether (sulfide) groups is 1. The molecule has 0 radical (unpaired) electrons. The summed E-state index contributed by atoms with van der Waals surface area (Å²) < 4.78 is 6.06. The van der Waals surface area contributed by atoms with E-state index < -0.39 is 0 Å². The number of rotatable bonds is 2. The second-order valence-corrected chi connectivity index (χ2v) is 6.42. The quantitative estimate of drug-likeness (QED) is 0.783. The standard InChI is InChI=1S/C11H18N2OS/c12-10-13(7-9-3-1-6-14-9)8-11(15-10)4-2-5-11/h9,12H,1-8H2/t9-/m1/s1. The van der Waals surface area contributed by atoms with Gasteiger partial charge < -0.3 is 9.64 Å². The van der Waals surface area contributed by atoms with Gasteiger partial charge in [-0.1, -0.05) is 18.2 Å².